The second-order valence-corrected chi connectivity index (χ2v) is 7.52. The molecule has 0 atom stereocenters. The highest BCUT2D eigenvalue weighted by Crippen LogP contribution is 2.29. The fraction of sp³-hybridized carbons (Fsp3) is 0.0769. The number of rotatable bonds is 5. The van der Waals surface area contributed by atoms with Crippen LogP contribution in [-0.4, -0.2) is 20.7 Å². The van der Waals surface area contributed by atoms with Gasteiger partial charge < -0.3 is 4.57 Å². The molecule has 2 aromatic heterocycles. The Morgan fingerprint density at radius 1 is 1.06 bits per heavy atom. The van der Waals surface area contributed by atoms with E-state index in [1.807, 2.05) is 36.4 Å². The van der Waals surface area contributed by atoms with Gasteiger partial charge in [-0.05, 0) is 30.7 Å². The third-order valence-electron chi connectivity index (χ3n) is 5.58. The number of aryl methyl sites for hydroxylation is 1. The van der Waals surface area contributed by atoms with Gasteiger partial charge >= 0.3 is 0 Å². The van der Waals surface area contributed by atoms with Gasteiger partial charge in [-0.2, -0.15) is 10.4 Å². The molecule has 0 bridgehead atoms. The largest absolute Gasteiger partial charge is 0.341 e. The van der Waals surface area contributed by atoms with E-state index in [0.717, 1.165) is 17.5 Å². The Balaban J connectivity index is 1.48. The lowest BCUT2D eigenvalue weighted by Crippen LogP contribution is -2.16. The lowest BCUT2D eigenvalue weighted by atomic mass is 10.1. The second kappa shape index (κ2) is 8.44. The van der Waals surface area contributed by atoms with Gasteiger partial charge in [-0.25, -0.2) is 10.4 Å². The number of aromatic amines is 1. The van der Waals surface area contributed by atoms with Gasteiger partial charge in [0.05, 0.1) is 11.9 Å². The molecule has 0 spiro atoms. The summed E-state index contributed by atoms with van der Waals surface area (Å²) in [7, 11) is 0. The molecule has 0 aliphatic carbocycles. The van der Waals surface area contributed by atoms with E-state index in [4.69, 9.17) is 0 Å². The minimum absolute atomic E-state index is 0.0338. The van der Waals surface area contributed by atoms with Crippen LogP contribution in [0.4, 0.5) is 5.95 Å². The number of aromatic nitrogens is 3. The van der Waals surface area contributed by atoms with Crippen molar-refractivity contribution in [3.8, 4) is 17.3 Å². The molecule has 33 heavy (non-hydrogen) atoms. The Morgan fingerprint density at radius 3 is 2.61 bits per heavy atom. The van der Waals surface area contributed by atoms with Crippen molar-refractivity contribution >= 4 is 34.0 Å². The maximum Gasteiger partial charge on any atom is 0.270 e. The Labute approximate surface area is 189 Å². The van der Waals surface area contributed by atoms with Gasteiger partial charge in [0.25, 0.3) is 5.56 Å². The van der Waals surface area contributed by atoms with Gasteiger partial charge in [-0.15, -0.1) is 0 Å². The van der Waals surface area contributed by atoms with E-state index in [1.54, 1.807) is 18.3 Å². The number of benzene rings is 3. The van der Waals surface area contributed by atoms with Crippen LogP contribution in [0.3, 0.4) is 0 Å². The zero-order valence-corrected chi connectivity index (χ0v) is 17.9. The molecule has 3 aromatic carbocycles. The Bertz CT molecular complexity index is 1610. The monoisotopic (exact) mass is 432 g/mol. The van der Waals surface area contributed by atoms with Crippen molar-refractivity contribution in [2.75, 3.05) is 5.43 Å². The molecule has 7 heteroatoms. The van der Waals surface area contributed by atoms with Gasteiger partial charge in [-0.3, -0.25) is 9.78 Å². The summed E-state index contributed by atoms with van der Waals surface area (Å²) in [5.74, 6) is 0.165. The first kappa shape index (κ1) is 20.2. The van der Waals surface area contributed by atoms with Gasteiger partial charge in [0.15, 0.2) is 0 Å². The van der Waals surface area contributed by atoms with Crippen LogP contribution in [0.2, 0.25) is 0 Å². The minimum atomic E-state index is -0.516. The fourth-order valence-electron chi connectivity index (χ4n) is 4.10. The molecule has 0 unspecified atom stereocenters. The molecule has 7 nitrogen and oxygen atoms in total. The Hall–Kier alpha value is -4.70. The predicted molar refractivity (Wildman–Crippen MR) is 131 cm³/mol. The predicted octanol–water partition coefficient (Wildman–Crippen LogP) is 4.88. The standard InChI is InChI=1S/C26H20N6O/c1-2-32-22-11-7-6-10-19(22)20-14-17(12-13-23(20)32)16-28-31-26-29-24(18-8-4-3-5-9-18)21(15-27)25(33)30-26/h3-14,16H,2H2,1H3,(H2,29,30,31,33). The van der Waals surface area contributed by atoms with Crippen molar-refractivity contribution in [1.82, 2.24) is 14.5 Å². The molecule has 0 saturated heterocycles. The Morgan fingerprint density at radius 2 is 1.82 bits per heavy atom. The van der Waals surface area contributed by atoms with Crippen LogP contribution in [0.5, 0.6) is 0 Å². The fourth-order valence-corrected chi connectivity index (χ4v) is 4.10. The third-order valence-corrected chi connectivity index (χ3v) is 5.58. The van der Waals surface area contributed by atoms with Crippen molar-refractivity contribution in [2.24, 2.45) is 5.10 Å². The third kappa shape index (κ3) is 3.64. The first-order valence-electron chi connectivity index (χ1n) is 10.6. The van der Waals surface area contributed by atoms with Crippen LogP contribution in [0, 0.1) is 11.3 Å². The first-order valence-corrected chi connectivity index (χ1v) is 10.6. The number of para-hydroxylation sites is 1. The lowest BCUT2D eigenvalue weighted by Gasteiger charge is -2.06. The van der Waals surface area contributed by atoms with Crippen molar-refractivity contribution in [2.45, 2.75) is 13.5 Å². The highest BCUT2D eigenvalue weighted by Gasteiger charge is 2.13. The van der Waals surface area contributed by atoms with Crippen molar-refractivity contribution in [3.05, 3.63) is 94.3 Å². The second-order valence-electron chi connectivity index (χ2n) is 7.52. The van der Waals surface area contributed by atoms with Gasteiger partial charge in [0.2, 0.25) is 5.95 Å². The van der Waals surface area contributed by atoms with E-state index < -0.39 is 5.56 Å². The summed E-state index contributed by atoms with van der Waals surface area (Å²) in [6.07, 6.45) is 1.68. The average molecular weight is 432 g/mol. The number of fused-ring (bicyclic) bond motifs is 3. The Kier molecular flexibility index (Phi) is 5.17. The first-order chi connectivity index (χ1) is 16.2. The molecular formula is C26H20N6O. The molecule has 0 amide bonds. The van der Waals surface area contributed by atoms with E-state index in [-0.39, 0.29) is 11.5 Å². The smallest absolute Gasteiger partial charge is 0.270 e. The van der Waals surface area contributed by atoms with Crippen molar-refractivity contribution < 1.29 is 0 Å². The molecule has 0 fully saturated rings. The summed E-state index contributed by atoms with van der Waals surface area (Å²) in [6, 6.07) is 25.6. The average Bonchev–Trinajstić information content (AvgIpc) is 3.17. The summed E-state index contributed by atoms with van der Waals surface area (Å²) in [6.45, 7) is 3.03. The maximum atomic E-state index is 12.4. The van der Waals surface area contributed by atoms with E-state index in [9.17, 15) is 10.1 Å². The van der Waals surface area contributed by atoms with Crippen LogP contribution < -0.4 is 11.0 Å². The van der Waals surface area contributed by atoms with Gasteiger partial charge in [0.1, 0.15) is 11.6 Å². The number of hydrogen-bond acceptors (Lipinski definition) is 5. The number of hydrazone groups is 1. The van der Waals surface area contributed by atoms with Gasteiger partial charge in [-0.1, -0.05) is 54.6 Å². The molecule has 5 aromatic rings. The summed E-state index contributed by atoms with van der Waals surface area (Å²) >= 11 is 0. The lowest BCUT2D eigenvalue weighted by molar-refractivity contribution is 0.827. The zero-order chi connectivity index (χ0) is 22.8. The normalized spacial score (nSPS) is 11.3. The van der Waals surface area contributed by atoms with Crippen LogP contribution in [0.15, 0.2) is 82.7 Å². The minimum Gasteiger partial charge on any atom is -0.341 e. The number of hydrogen-bond donors (Lipinski definition) is 2. The number of nitriles is 1. The topological polar surface area (TPSA) is 98.9 Å². The molecule has 0 aliphatic heterocycles. The van der Waals surface area contributed by atoms with Gasteiger partial charge in [0, 0.05) is 33.9 Å². The molecule has 160 valence electrons. The molecule has 0 aliphatic rings. The maximum absolute atomic E-state index is 12.4. The molecule has 5 rings (SSSR count). The van der Waals surface area contributed by atoms with E-state index >= 15 is 0 Å². The van der Waals surface area contributed by atoms with Crippen LogP contribution in [-0.2, 0) is 6.54 Å². The number of anilines is 1. The quantitative estimate of drug-likeness (QED) is 0.305. The molecule has 0 radical (unpaired) electrons. The summed E-state index contributed by atoms with van der Waals surface area (Å²) in [4.78, 5) is 19.4. The highest BCUT2D eigenvalue weighted by atomic mass is 16.1. The summed E-state index contributed by atoms with van der Waals surface area (Å²) in [5.41, 5.74) is 6.52. The SMILES string of the molecule is CCn1c2ccccc2c2cc(C=NNc3nc(-c4ccccc4)c(C#N)c(=O)[nH]3)ccc21. The molecule has 2 N–H and O–H groups in total. The molecule has 2 heterocycles. The van der Waals surface area contributed by atoms with Crippen LogP contribution >= 0.6 is 0 Å². The highest BCUT2D eigenvalue weighted by molar-refractivity contribution is 6.09. The van der Waals surface area contributed by atoms with Crippen molar-refractivity contribution in [1.29, 1.82) is 5.26 Å². The number of nitrogens with one attached hydrogen (secondary N) is 2. The molecular weight excluding hydrogens is 412 g/mol. The zero-order valence-electron chi connectivity index (χ0n) is 17.9. The van der Waals surface area contributed by atoms with Crippen LogP contribution in [0.1, 0.15) is 18.1 Å². The number of nitrogens with zero attached hydrogens (tertiary/aromatic N) is 4. The van der Waals surface area contributed by atoms with E-state index in [0.29, 0.717) is 11.3 Å². The summed E-state index contributed by atoms with van der Waals surface area (Å²) < 4.78 is 2.29. The molecule has 0 saturated carbocycles. The number of H-pyrrole nitrogens is 1. The van der Waals surface area contributed by atoms with Crippen LogP contribution in [0.25, 0.3) is 33.1 Å². The van der Waals surface area contributed by atoms with E-state index in [2.05, 4.69) is 62.3 Å². The summed E-state index contributed by atoms with van der Waals surface area (Å²) in [5, 5.41) is 16.0. The van der Waals surface area contributed by atoms with Crippen molar-refractivity contribution in [3.63, 3.8) is 0 Å². The van der Waals surface area contributed by atoms with E-state index in [1.165, 1.54) is 16.4 Å².